The van der Waals surface area contributed by atoms with Gasteiger partial charge in [-0.1, -0.05) is 30.3 Å². The van der Waals surface area contributed by atoms with Crippen molar-refractivity contribution < 1.29 is 9.18 Å². The highest BCUT2D eigenvalue weighted by atomic mass is 19.1. The molecule has 3 heteroatoms. The molecule has 3 rings (SSSR count). The van der Waals surface area contributed by atoms with Crippen LogP contribution in [0.4, 0.5) is 4.39 Å². The van der Waals surface area contributed by atoms with E-state index in [1.807, 2.05) is 36.4 Å². The van der Waals surface area contributed by atoms with E-state index in [0.717, 1.165) is 16.5 Å². The van der Waals surface area contributed by atoms with E-state index in [1.165, 1.54) is 12.1 Å². The predicted molar refractivity (Wildman–Crippen MR) is 80.9 cm³/mol. The van der Waals surface area contributed by atoms with E-state index in [9.17, 15) is 9.18 Å². The number of pyridine rings is 1. The van der Waals surface area contributed by atoms with Crippen LogP contribution in [0.2, 0.25) is 0 Å². The highest BCUT2D eigenvalue weighted by Gasteiger charge is 2.12. The number of aromatic nitrogens is 1. The van der Waals surface area contributed by atoms with Gasteiger partial charge in [0.1, 0.15) is 5.82 Å². The summed E-state index contributed by atoms with van der Waals surface area (Å²) in [5, 5.41) is 1.04. The van der Waals surface area contributed by atoms with Gasteiger partial charge in [0, 0.05) is 16.6 Å². The minimum absolute atomic E-state index is 0.116. The van der Waals surface area contributed by atoms with E-state index < -0.39 is 5.82 Å². The number of nitrogens with zero attached hydrogens (tertiary/aromatic N) is 1. The van der Waals surface area contributed by atoms with Gasteiger partial charge in [0.05, 0.1) is 11.9 Å². The van der Waals surface area contributed by atoms with Gasteiger partial charge in [-0.15, -0.1) is 0 Å². The van der Waals surface area contributed by atoms with Crippen molar-refractivity contribution in [2.45, 2.75) is 13.3 Å². The summed E-state index contributed by atoms with van der Waals surface area (Å²) < 4.78 is 13.3. The van der Waals surface area contributed by atoms with Crippen molar-refractivity contribution in [3.05, 3.63) is 77.2 Å². The second kappa shape index (κ2) is 5.44. The van der Waals surface area contributed by atoms with Gasteiger partial charge in [-0.3, -0.25) is 9.78 Å². The Morgan fingerprint density at radius 2 is 1.90 bits per heavy atom. The molecule has 0 saturated carbocycles. The Morgan fingerprint density at radius 1 is 1.10 bits per heavy atom. The van der Waals surface area contributed by atoms with Gasteiger partial charge in [0.2, 0.25) is 0 Å². The van der Waals surface area contributed by atoms with Crippen LogP contribution < -0.4 is 0 Å². The molecule has 1 aromatic heterocycles. The molecule has 104 valence electrons. The summed E-state index contributed by atoms with van der Waals surface area (Å²) >= 11 is 0. The minimum atomic E-state index is -0.393. The van der Waals surface area contributed by atoms with Crippen molar-refractivity contribution in [3.8, 4) is 0 Å². The van der Waals surface area contributed by atoms with Gasteiger partial charge in [0.25, 0.3) is 0 Å². The van der Waals surface area contributed by atoms with Gasteiger partial charge in [0.15, 0.2) is 5.78 Å². The number of fused-ring (bicyclic) bond motifs is 1. The van der Waals surface area contributed by atoms with Gasteiger partial charge in [-0.2, -0.15) is 0 Å². The lowest BCUT2D eigenvalue weighted by atomic mass is 10.0. The molecule has 0 amide bonds. The molecule has 2 aromatic carbocycles. The number of rotatable bonds is 3. The molecule has 0 aliphatic rings. The summed E-state index contributed by atoms with van der Waals surface area (Å²) in [6.45, 7) is 1.81. The van der Waals surface area contributed by atoms with Crippen LogP contribution in [0, 0.1) is 12.7 Å². The summed E-state index contributed by atoms with van der Waals surface area (Å²) in [4.78, 5) is 16.8. The first-order valence-electron chi connectivity index (χ1n) is 6.77. The molecule has 0 radical (unpaired) electrons. The molecular formula is C18H14FNO. The number of carbonyl (C=O) groups excluding carboxylic acids is 1. The van der Waals surface area contributed by atoms with Gasteiger partial charge < -0.3 is 0 Å². The first kappa shape index (κ1) is 13.4. The molecule has 3 aromatic rings. The van der Waals surface area contributed by atoms with Gasteiger partial charge in [-0.05, 0) is 36.8 Å². The first-order valence-corrected chi connectivity index (χ1v) is 6.77. The minimum Gasteiger partial charge on any atom is -0.294 e. The molecule has 0 spiro atoms. The van der Waals surface area contributed by atoms with Crippen LogP contribution in [-0.4, -0.2) is 10.8 Å². The maximum Gasteiger partial charge on any atom is 0.169 e. The number of Topliss-reactive ketones (excluding diaryl/α,β-unsaturated/α-hetero) is 1. The van der Waals surface area contributed by atoms with E-state index in [0.29, 0.717) is 11.3 Å². The van der Waals surface area contributed by atoms with Crippen LogP contribution >= 0.6 is 0 Å². The Kier molecular flexibility index (Phi) is 3.48. The second-order valence-electron chi connectivity index (χ2n) is 5.05. The van der Waals surface area contributed by atoms with Crippen LogP contribution in [0.25, 0.3) is 10.9 Å². The molecule has 2 nitrogen and oxygen atoms in total. The number of hydrogen-bond acceptors (Lipinski definition) is 2. The highest BCUT2D eigenvalue weighted by Crippen LogP contribution is 2.16. The normalized spacial score (nSPS) is 10.8. The van der Waals surface area contributed by atoms with Crippen LogP contribution in [0.15, 0.2) is 54.6 Å². The van der Waals surface area contributed by atoms with Crippen molar-refractivity contribution in [3.63, 3.8) is 0 Å². The smallest absolute Gasteiger partial charge is 0.169 e. The molecule has 0 bridgehead atoms. The average Bonchev–Trinajstić information content (AvgIpc) is 2.49. The topological polar surface area (TPSA) is 30.0 Å². The van der Waals surface area contributed by atoms with Gasteiger partial charge in [-0.25, -0.2) is 4.39 Å². The summed E-state index contributed by atoms with van der Waals surface area (Å²) in [5.41, 5.74) is 2.76. The Morgan fingerprint density at radius 3 is 2.76 bits per heavy atom. The van der Waals surface area contributed by atoms with Crippen molar-refractivity contribution in [1.82, 2.24) is 4.98 Å². The molecule has 0 atom stereocenters. The number of benzene rings is 2. The average molecular weight is 279 g/mol. The summed E-state index contributed by atoms with van der Waals surface area (Å²) in [6.07, 6.45) is 0.176. The lowest BCUT2D eigenvalue weighted by molar-refractivity contribution is 0.0991. The third kappa shape index (κ3) is 2.82. The van der Waals surface area contributed by atoms with Crippen molar-refractivity contribution in [1.29, 1.82) is 0 Å². The number of aryl methyl sites for hydroxylation is 1. The van der Waals surface area contributed by atoms with E-state index in [1.54, 1.807) is 13.0 Å². The lowest BCUT2D eigenvalue weighted by Gasteiger charge is -2.06. The zero-order chi connectivity index (χ0) is 14.8. The quantitative estimate of drug-likeness (QED) is 0.675. The van der Waals surface area contributed by atoms with Crippen LogP contribution in [0.3, 0.4) is 0 Å². The number of ketones is 1. The number of para-hydroxylation sites is 1. The summed E-state index contributed by atoms with van der Waals surface area (Å²) in [6, 6.07) is 15.8. The van der Waals surface area contributed by atoms with E-state index in [4.69, 9.17) is 0 Å². The number of hydrogen-bond donors (Lipinski definition) is 0. The molecule has 0 unspecified atom stereocenters. The Balaban J connectivity index is 1.90. The molecule has 0 saturated heterocycles. The number of halogens is 1. The molecule has 1 heterocycles. The molecule has 21 heavy (non-hydrogen) atoms. The largest absolute Gasteiger partial charge is 0.294 e. The van der Waals surface area contributed by atoms with Crippen molar-refractivity contribution >= 4 is 16.7 Å². The van der Waals surface area contributed by atoms with E-state index in [2.05, 4.69) is 4.98 Å². The predicted octanol–water partition coefficient (Wildman–Crippen LogP) is 4.11. The molecule has 0 fully saturated rings. The highest BCUT2D eigenvalue weighted by molar-refractivity contribution is 5.98. The number of carbonyl (C=O) groups is 1. The van der Waals surface area contributed by atoms with E-state index >= 15 is 0 Å². The fraction of sp³-hybridized carbons (Fsp3) is 0.111. The SMILES string of the molecule is Cc1ccc(F)cc1C(=O)Cc1ccc2ccccc2n1. The zero-order valence-corrected chi connectivity index (χ0v) is 11.6. The summed E-state index contributed by atoms with van der Waals surface area (Å²) in [5.74, 6) is -0.509. The van der Waals surface area contributed by atoms with Crippen LogP contribution in [0.5, 0.6) is 0 Å². The second-order valence-corrected chi connectivity index (χ2v) is 5.05. The summed E-state index contributed by atoms with van der Waals surface area (Å²) in [7, 11) is 0. The standard InChI is InChI=1S/C18H14FNO/c1-12-6-8-14(19)10-16(12)18(21)11-15-9-7-13-4-2-3-5-17(13)20-15/h2-10H,11H2,1H3. The third-order valence-corrected chi connectivity index (χ3v) is 3.50. The maximum atomic E-state index is 13.3. The Bertz CT molecular complexity index is 826. The maximum absolute atomic E-state index is 13.3. The third-order valence-electron chi connectivity index (χ3n) is 3.50. The van der Waals surface area contributed by atoms with Crippen LogP contribution in [-0.2, 0) is 6.42 Å². The molecule has 0 aliphatic heterocycles. The fourth-order valence-corrected chi connectivity index (χ4v) is 2.36. The lowest BCUT2D eigenvalue weighted by Crippen LogP contribution is -2.07. The van der Waals surface area contributed by atoms with Gasteiger partial charge >= 0.3 is 0 Å². The van der Waals surface area contributed by atoms with Crippen molar-refractivity contribution in [2.75, 3.05) is 0 Å². The molecule has 0 N–H and O–H groups in total. The fourth-order valence-electron chi connectivity index (χ4n) is 2.36. The van der Waals surface area contributed by atoms with Crippen molar-refractivity contribution in [2.24, 2.45) is 0 Å². The molecule has 0 aliphatic carbocycles. The zero-order valence-electron chi connectivity index (χ0n) is 11.6. The first-order chi connectivity index (χ1) is 10.1. The Labute approximate surface area is 122 Å². The van der Waals surface area contributed by atoms with E-state index in [-0.39, 0.29) is 12.2 Å². The molecular weight excluding hydrogens is 265 g/mol. The Hall–Kier alpha value is -2.55. The van der Waals surface area contributed by atoms with Crippen LogP contribution in [0.1, 0.15) is 21.6 Å². The monoisotopic (exact) mass is 279 g/mol.